The van der Waals surface area contributed by atoms with E-state index < -0.39 is 0 Å². The van der Waals surface area contributed by atoms with Gasteiger partial charge in [0, 0.05) is 36.5 Å². The maximum Gasteiger partial charge on any atom is 0.227 e. The molecule has 0 radical (unpaired) electrons. The van der Waals surface area contributed by atoms with Gasteiger partial charge in [-0.15, -0.1) is 0 Å². The highest BCUT2D eigenvalue weighted by atomic mass is 16.2. The number of hydrogen-bond acceptors (Lipinski definition) is 4. The van der Waals surface area contributed by atoms with E-state index in [0.29, 0.717) is 5.92 Å². The molecule has 3 rings (SSSR count). The molecular formula is C17H23N5O. The van der Waals surface area contributed by atoms with Crippen molar-refractivity contribution in [1.29, 1.82) is 0 Å². The van der Waals surface area contributed by atoms with E-state index in [1.807, 2.05) is 31.9 Å². The third-order valence-corrected chi connectivity index (χ3v) is 4.21. The van der Waals surface area contributed by atoms with E-state index >= 15 is 0 Å². The molecule has 2 aromatic rings. The number of H-pyrrole nitrogens is 1. The SMILES string of the molecule is CC(C)(C)C(=O)N1CC[C@H](Cc2cnc(-c3cn[nH]c3)cn2)C1. The lowest BCUT2D eigenvalue weighted by Crippen LogP contribution is -2.38. The summed E-state index contributed by atoms with van der Waals surface area (Å²) in [6.07, 6.45) is 9.05. The molecule has 1 aliphatic rings. The molecule has 1 N–H and O–H groups in total. The quantitative estimate of drug-likeness (QED) is 0.943. The summed E-state index contributed by atoms with van der Waals surface area (Å²) in [5, 5.41) is 6.69. The minimum absolute atomic E-state index is 0.237. The van der Waals surface area contributed by atoms with Crippen molar-refractivity contribution in [2.75, 3.05) is 13.1 Å². The predicted octanol–water partition coefficient (Wildman–Crippen LogP) is 2.30. The normalized spacial score (nSPS) is 18.4. The van der Waals surface area contributed by atoms with Crippen molar-refractivity contribution in [3.05, 3.63) is 30.5 Å². The molecule has 3 heterocycles. The molecule has 0 aromatic carbocycles. The first kappa shape index (κ1) is 15.6. The van der Waals surface area contributed by atoms with E-state index in [0.717, 1.165) is 42.9 Å². The maximum absolute atomic E-state index is 12.3. The Hall–Kier alpha value is -2.24. The van der Waals surface area contributed by atoms with Crippen molar-refractivity contribution in [1.82, 2.24) is 25.1 Å². The molecule has 1 fully saturated rings. The van der Waals surface area contributed by atoms with E-state index in [-0.39, 0.29) is 11.3 Å². The molecule has 0 bridgehead atoms. The second-order valence-electron chi connectivity index (χ2n) is 7.24. The molecule has 0 aliphatic carbocycles. The Morgan fingerprint density at radius 2 is 2.13 bits per heavy atom. The van der Waals surface area contributed by atoms with Crippen LogP contribution in [0.5, 0.6) is 0 Å². The molecule has 0 unspecified atom stereocenters. The number of hydrogen-bond donors (Lipinski definition) is 1. The first-order chi connectivity index (χ1) is 10.9. The van der Waals surface area contributed by atoms with Crippen molar-refractivity contribution in [3.63, 3.8) is 0 Å². The molecule has 1 amide bonds. The van der Waals surface area contributed by atoms with Crippen LogP contribution in [0.3, 0.4) is 0 Å². The van der Waals surface area contributed by atoms with Gasteiger partial charge in [0.1, 0.15) is 0 Å². The van der Waals surface area contributed by atoms with Crippen LogP contribution in [0, 0.1) is 11.3 Å². The summed E-state index contributed by atoms with van der Waals surface area (Å²) in [6.45, 7) is 7.59. The summed E-state index contributed by atoms with van der Waals surface area (Å²) in [5.41, 5.74) is 2.43. The predicted molar refractivity (Wildman–Crippen MR) is 87.5 cm³/mol. The summed E-state index contributed by atoms with van der Waals surface area (Å²) in [6, 6.07) is 0. The second kappa shape index (κ2) is 6.10. The average Bonchev–Trinajstić information content (AvgIpc) is 3.17. The van der Waals surface area contributed by atoms with Gasteiger partial charge in [-0.05, 0) is 18.8 Å². The number of rotatable bonds is 3. The van der Waals surface area contributed by atoms with Crippen molar-refractivity contribution in [3.8, 4) is 11.3 Å². The molecule has 23 heavy (non-hydrogen) atoms. The molecule has 6 nitrogen and oxygen atoms in total. The van der Waals surface area contributed by atoms with Crippen molar-refractivity contribution in [2.24, 2.45) is 11.3 Å². The van der Waals surface area contributed by atoms with Crippen molar-refractivity contribution >= 4 is 5.91 Å². The fourth-order valence-electron chi connectivity index (χ4n) is 2.95. The number of carbonyl (C=O) groups excluding carboxylic acids is 1. The smallest absolute Gasteiger partial charge is 0.227 e. The highest BCUT2D eigenvalue weighted by Gasteiger charge is 2.32. The fourth-order valence-corrected chi connectivity index (χ4v) is 2.95. The second-order valence-corrected chi connectivity index (χ2v) is 7.24. The van der Waals surface area contributed by atoms with Crippen LogP contribution in [0.1, 0.15) is 32.9 Å². The standard InChI is InChI=1S/C17H23N5O/c1-17(2,3)16(23)22-5-4-12(11-22)6-14-9-19-15(10-18-14)13-7-20-21-8-13/h7-10,12H,4-6,11H2,1-3H3,(H,20,21)/t12-/m1/s1. The van der Waals surface area contributed by atoms with Crippen LogP contribution >= 0.6 is 0 Å². The number of carbonyl (C=O) groups is 1. The Morgan fingerprint density at radius 3 is 2.74 bits per heavy atom. The molecule has 6 heteroatoms. The van der Waals surface area contributed by atoms with Crippen LogP contribution in [0.15, 0.2) is 24.8 Å². The van der Waals surface area contributed by atoms with Crippen LogP contribution in [0.2, 0.25) is 0 Å². The molecule has 0 saturated carbocycles. The zero-order chi connectivity index (χ0) is 16.4. The Labute approximate surface area is 136 Å². The van der Waals surface area contributed by atoms with Gasteiger partial charge in [-0.25, -0.2) is 0 Å². The summed E-state index contributed by atoms with van der Waals surface area (Å²) in [4.78, 5) is 23.3. The third kappa shape index (κ3) is 3.57. The van der Waals surface area contributed by atoms with E-state index in [4.69, 9.17) is 0 Å². The minimum Gasteiger partial charge on any atom is -0.342 e. The van der Waals surface area contributed by atoms with Crippen LogP contribution in [0.4, 0.5) is 0 Å². The van der Waals surface area contributed by atoms with Crippen LogP contribution in [-0.2, 0) is 11.2 Å². The van der Waals surface area contributed by atoms with Gasteiger partial charge in [-0.3, -0.25) is 19.9 Å². The first-order valence-electron chi connectivity index (χ1n) is 8.03. The highest BCUT2D eigenvalue weighted by Crippen LogP contribution is 2.25. The summed E-state index contributed by atoms with van der Waals surface area (Å²) in [7, 11) is 0. The highest BCUT2D eigenvalue weighted by molar-refractivity contribution is 5.81. The Balaban J connectivity index is 1.59. The van der Waals surface area contributed by atoms with E-state index in [9.17, 15) is 4.79 Å². The number of likely N-dealkylation sites (tertiary alicyclic amines) is 1. The van der Waals surface area contributed by atoms with Gasteiger partial charge >= 0.3 is 0 Å². The number of amides is 1. The fraction of sp³-hybridized carbons (Fsp3) is 0.529. The molecule has 0 spiro atoms. The summed E-state index contributed by atoms with van der Waals surface area (Å²) < 4.78 is 0. The lowest BCUT2D eigenvalue weighted by Gasteiger charge is -2.25. The van der Waals surface area contributed by atoms with Crippen LogP contribution < -0.4 is 0 Å². The Kier molecular flexibility index (Phi) is 4.15. The third-order valence-electron chi connectivity index (χ3n) is 4.21. The molecule has 1 aliphatic heterocycles. The van der Waals surface area contributed by atoms with E-state index in [1.165, 1.54) is 0 Å². The van der Waals surface area contributed by atoms with E-state index in [1.54, 1.807) is 18.6 Å². The zero-order valence-corrected chi connectivity index (χ0v) is 13.9. The number of aromatic amines is 1. The molecule has 1 saturated heterocycles. The minimum atomic E-state index is -0.305. The maximum atomic E-state index is 12.3. The number of aromatic nitrogens is 4. The van der Waals surface area contributed by atoms with Gasteiger partial charge in [0.25, 0.3) is 0 Å². The summed E-state index contributed by atoms with van der Waals surface area (Å²) >= 11 is 0. The van der Waals surface area contributed by atoms with Gasteiger partial charge in [-0.1, -0.05) is 20.8 Å². The largest absolute Gasteiger partial charge is 0.342 e. The summed E-state index contributed by atoms with van der Waals surface area (Å²) in [5.74, 6) is 0.705. The molecule has 2 aromatic heterocycles. The van der Waals surface area contributed by atoms with Gasteiger partial charge in [0.05, 0.1) is 23.8 Å². The molecular weight excluding hydrogens is 290 g/mol. The van der Waals surface area contributed by atoms with Crippen molar-refractivity contribution in [2.45, 2.75) is 33.6 Å². The van der Waals surface area contributed by atoms with Gasteiger partial charge in [-0.2, -0.15) is 5.10 Å². The number of nitrogens with one attached hydrogen (secondary N) is 1. The van der Waals surface area contributed by atoms with Crippen molar-refractivity contribution < 1.29 is 4.79 Å². The lowest BCUT2D eigenvalue weighted by molar-refractivity contribution is -0.138. The topological polar surface area (TPSA) is 74.8 Å². The van der Waals surface area contributed by atoms with Crippen LogP contribution in [-0.4, -0.2) is 44.1 Å². The van der Waals surface area contributed by atoms with E-state index in [2.05, 4.69) is 20.2 Å². The monoisotopic (exact) mass is 313 g/mol. The first-order valence-corrected chi connectivity index (χ1v) is 8.03. The van der Waals surface area contributed by atoms with Crippen LogP contribution in [0.25, 0.3) is 11.3 Å². The Morgan fingerprint density at radius 1 is 1.30 bits per heavy atom. The molecule has 1 atom stereocenters. The van der Waals surface area contributed by atoms with Gasteiger partial charge < -0.3 is 4.90 Å². The molecule has 122 valence electrons. The number of nitrogens with zero attached hydrogens (tertiary/aromatic N) is 4. The zero-order valence-electron chi connectivity index (χ0n) is 13.9. The average molecular weight is 313 g/mol. The lowest BCUT2D eigenvalue weighted by atomic mass is 9.95. The van der Waals surface area contributed by atoms with Gasteiger partial charge in [0.2, 0.25) is 5.91 Å². The van der Waals surface area contributed by atoms with Gasteiger partial charge in [0.15, 0.2) is 0 Å². The Bertz CT molecular complexity index is 657.